The fourth-order valence-corrected chi connectivity index (χ4v) is 1.97. The minimum Gasteiger partial charge on any atom is -0.437 e. The molecule has 0 spiro atoms. The highest BCUT2D eigenvalue weighted by Crippen LogP contribution is 2.29. The van der Waals surface area contributed by atoms with E-state index >= 15 is 0 Å². The average Bonchev–Trinajstić information content (AvgIpc) is 2.42. The Labute approximate surface area is 122 Å². The van der Waals surface area contributed by atoms with Crippen LogP contribution in [0.4, 0.5) is 4.39 Å². The highest BCUT2D eigenvalue weighted by molar-refractivity contribution is 6.31. The number of hydrogen-bond acceptors (Lipinski definition) is 3. The molecule has 1 N–H and O–H groups in total. The van der Waals surface area contributed by atoms with Gasteiger partial charge in [-0.3, -0.25) is 0 Å². The Hall–Kier alpha value is -1.65. The quantitative estimate of drug-likeness (QED) is 0.902. The molecule has 0 saturated carbocycles. The summed E-state index contributed by atoms with van der Waals surface area (Å²) in [5.41, 5.74) is 1.68. The predicted molar refractivity (Wildman–Crippen MR) is 77.8 cm³/mol. The van der Waals surface area contributed by atoms with Crippen LogP contribution in [0.2, 0.25) is 5.02 Å². The molecule has 3 nitrogen and oxygen atoms in total. The summed E-state index contributed by atoms with van der Waals surface area (Å²) in [4.78, 5) is 4.20. The number of aromatic nitrogens is 1. The molecule has 0 fully saturated rings. The lowest BCUT2D eigenvalue weighted by molar-refractivity contribution is 0.457. The van der Waals surface area contributed by atoms with Gasteiger partial charge in [0.2, 0.25) is 5.88 Å². The van der Waals surface area contributed by atoms with Crippen molar-refractivity contribution in [3.05, 3.63) is 52.4 Å². The van der Waals surface area contributed by atoms with Gasteiger partial charge >= 0.3 is 0 Å². The van der Waals surface area contributed by atoms with Gasteiger partial charge in [0.25, 0.3) is 0 Å². The first-order chi connectivity index (χ1) is 9.60. The van der Waals surface area contributed by atoms with Gasteiger partial charge in [0.1, 0.15) is 16.6 Å². The zero-order valence-corrected chi connectivity index (χ0v) is 12.2. The lowest BCUT2D eigenvalue weighted by Crippen LogP contribution is -2.11. The normalized spacial score (nSPS) is 10.6. The third-order valence-corrected chi connectivity index (χ3v) is 3.06. The summed E-state index contributed by atoms with van der Waals surface area (Å²) in [7, 11) is 0. The Morgan fingerprint density at radius 1 is 1.35 bits per heavy atom. The van der Waals surface area contributed by atoms with Crippen molar-refractivity contribution in [2.75, 3.05) is 6.54 Å². The first-order valence-corrected chi connectivity index (χ1v) is 6.77. The summed E-state index contributed by atoms with van der Waals surface area (Å²) in [5, 5.41) is 3.63. The number of rotatable bonds is 5. The molecular weight excluding hydrogens is 279 g/mol. The van der Waals surface area contributed by atoms with Crippen LogP contribution in [-0.2, 0) is 6.54 Å². The van der Waals surface area contributed by atoms with E-state index in [4.69, 9.17) is 16.3 Å². The standard InChI is InChI=1S/C15H16ClFN2O/c1-3-18-8-11-7-13(16)15(19-9-11)20-14-5-4-12(17)6-10(14)2/h4-7,9,18H,3,8H2,1-2H3. The molecule has 1 aromatic heterocycles. The minimum atomic E-state index is -0.296. The number of hydrogen-bond donors (Lipinski definition) is 1. The van der Waals surface area contributed by atoms with E-state index in [2.05, 4.69) is 10.3 Å². The van der Waals surface area contributed by atoms with E-state index in [0.29, 0.717) is 28.8 Å². The van der Waals surface area contributed by atoms with Crippen LogP contribution in [0.25, 0.3) is 0 Å². The Morgan fingerprint density at radius 2 is 2.15 bits per heavy atom. The van der Waals surface area contributed by atoms with Crippen molar-refractivity contribution >= 4 is 11.6 Å². The number of nitrogens with zero attached hydrogens (tertiary/aromatic N) is 1. The molecule has 20 heavy (non-hydrogen) atoms. The van der Waals surface area contributed by atoms with Gasteiger partial charge in [-0.2, -0.15) is 0 Å². The molecule has 0 aliphatic carbocycles. The Kier molecular flexibility index (Phi) is 4.93. The molecule has 2 aromatic rings. The van der Waals surface area contributed by atoms with Crippen LogP contribution in [0.1, 0.15) is 18.1 Å². The maximum atomic E-state index is 13.0. The molecule has 0 saturated heterocycles. The zero-order valence-electron chi connectivity index (χ0n) is 11.4. The Morgan fingerprint density at radius 3 is 2.80 bits per heavy atom. The van der Waals surface area contributed by atoms with Crippen molar-refractivity contribution in [2.45, 2.75) is 20.4 Å². The van der Waals surface area contributed by atoms with E-state index in [1.807, 2.05) is 13.0 Å². The monoisotopic (exact) mass is 294 g/mol. The highest BCUT2D eigenvalue weighted by atomic mass is 35.5. The third-order valence-electron chi connectivity index (χ3n) is 2.79. The van der Waals surface area contributed by atoms with Gasteiger partial charge in [0.15, 0.2) is 0 Å². The smallest absolute Gasteiger partial charge is 0.238 e. The Bertz CT molecular complexity index is 604. The largest absolute Gasteiger partial charge is 0.437 e. The fraction of sp³-hybridized carbons (Fsp3) is 0.267. The van der Waals surface area contributed by atoms with Crippen LogP contribution >= 0.6 is 11.6 Å². The summed E-state index contributed by atoms with van der Waals surface area (Å²) in [6.45, 7) is 5.39. The number of pyridine rings is 1. The molecule has 0 unspecified atom stereocenters. The van der Waals surface area contributed by atoms with Crippen LogP contribution in [0.5, 0.6) is 11.6 Å². The van der Waals surface area contributed by atoms with E-state index in [9.17, 15) is 4.39 Å². The molecule has 1 heterocycles. The number of nitrogens with one attached hydrogen (secondary N) is 1. The van der Waals surface area contributed by atoms with E-state index in [-0.39, 0.29) is 5.82 Å². The number of ether oxygens (including phenoxy) is 1. The van der Waals surface area contributed by atoms with E-state index in [0.717, 1.165) is 12.1 Å². The van der Waals surface area contributed by atoms with Gasteiger partial charge in [-0.1, -0.05) is 18.5 Å². The molecule has 0 radical (unpaired) electrons. The number of benzene rings is 1. The van der Waals surface area contributed by atoms with Crippen LogP contribution in [0.15, 0.2) is 30.5 Å². The molecule has 5 heteroatoms. The predicted octanol–water partition coefficient (Wildman–Crippen LogP) is 4.08. The van der Waals surface area contributed by atoms with Crippen molar-refractivity contribution in [1.29, 1.82) is 0 Å². The maximum Gasteiger partial charge on any atom is 0.238 e. The van der Waals surface area contributed by atoms with Crippen LogP contribution in [0.3, 0.4) is 0 Å². The summed E-state index contributed by atoms with van der Waals surface area (Å²) < 4.78 is 18.7. The van der Waals surface area contributed by atoms with E-state index in [1.54, 1.807) is 19.2 Å². The van der Waals surface area contributed by atoms with Gasteiger partial charge in [-0.15, -0.1) is 0 Å². The fourth-order valence-electron chi connectivity index (χ4n) is 1.74. The lowest BCUT2D eigenvalue weighted by Gasteiger charge is -2.10. The van der Waals surface area contributed by atoms with Crippen molar-refractivity contribution in [3.63, 3.8) is 0 Å². The summed E-state index contributed by atoms with van der Waals surface area (Å²) in [6.07, 6.45) is 1.71. The third kappa shape index (κ3) is 3.68. The molecule has 0 bridgehead atoms. The highest BCUT2D eigenvalue weighted by Gasteiger charge is 2.08. The number of aryl methyl sites for hydroxylation is 1. The van der Waals surface area contributed by atoms with Crippen molar-refractivity contribution < 1.29 is 9.13 Å². The summed E-state index contributed by atoms with van der Waals surface area (Å²) in [6, 6.07) is 6.12. The second-order valence-electron chi connectivity index (χ2n) is 4.42. The zero-order chi connectivity index (χ0) is 14.5. The molecule has 0 aliphatic heterocycles. The van der Waals surface area contributed by atoms with Crippen molar-refractivity contribution in [1.82, 2.24) is 10.3 Å². The summed E-state index contributed by atoms with van der Waals surface area (Å²) in [5.74, 6) is 0.566. The first-order valence-electron chi connectivity index (χ1n) is 6.39. The van der Waals surface area contributed by atoms with Crippen molar-refractivity contribution in [3.8, 4) is 11.6 Å². The molecular formula is C15H16ClFN2O. The molecule has 1 aromatic carbocycles. The van der Waals surface area contributed by atoms with Crippen LogP contribution < -0.4 is 10.1 Å². The molecule has 2 rings (SSSR count). The minimum absolute atomic E-state index is 0.296. The van der Waals surface area contributed by atoms with E-state index in [1.165, 1.54) is 12.1 Å². The lowest BCUT2D eigenvalue weighted by atomic mass is 10.2. The van der Waals surface area contributed by atoms with Crippen molar-refractivity contribution in [2.24, 2.45) is 0 Å². The van der Waals surface area contributed by atoms with Gasteiger partial charge in [0, 0.05) is 12.7 Å². The summed E-state index contributed by atoms with van der Waals surface area (Å²) >= 11 is 6.15. The van der Waals surface area contributed by atoms with Gasteiger partial charge in [0.05, 0.1) is 0 Å². The van der Waals surface area contributed by atoms with Crippen LogP contribution in [-0.4, -0.2) is 11.5 Å². The first kappa shape index (κ1) is 14.8. The Balaban J connectivity index is 2.17. The molecule has 0 atom stereocenters. The van der Waals surface area contributed by atoms with Gasteiger partial charge in [-0.25, -0.2) is 9.37 Å². The second-order valence-corrected chi connectivity index (χ2v) is 4.83. The molecule has 0 aliphatic rings. The topological polar surface area (TPSA) is 34.2 Å². The van der Waals surface area contributed by atoms with Crippen LogP contribution in [0, 0.1) is 12.7 Å². The van der Waals surface area contributed by atoms with E-state index < -0.39 is 0 Å². The molecule has 0 amide bonds. The SMILES string of the molecule is CCNCc1cnc(Oc2ccc(F)cc2C)c(Cl)c1. The maximum absolute atomic E-state index is 13.0. The molecule has 106 valence electrons. The van der Waals surface area contributed by atoms with Gasteiger partial charge in [-0.05, 0) is 48.9 Å². The number of halogens is 2. The second kappa shape index (κ2) is 6.68. The average molecular weight is 295 g/mol. The van der Waals surface area contributed by atoms with Gasteiger partial charge < -0.3 is 10.1 Å².